The van der Waals surface area contributed by atoms with Crippen LogP contribution in [-0.2, 0) is 9.63 Å². The highest BCUT2D eigenvalue weighted by molar-refractivity contribution is 5.83. The Morgan fingerprint density at radius 1 is 1.61 bits per heavy atom. The minimum atomic E-state index is -0.367. The first-order valence-electron chi connectivity index (χ1n) is 6.62. The van der Waals surface area contributed by atoms with Crippen LogP contribution in [0.5, 0.6) is 0 Å². The monoisotopic (exact) mass is 254 g/mol. The highest BCUT2D eigenvalue weighted by atomic mass is 16.7. The number of amides is 1. The van der Waals surface area contributed by atoms with Gasteiger partial charge in [-0.3, -0.25) is 4.79 Å². The van der Waals surface area contributed by atoms with Crippen LogP contribution in [0.1, 0.15) is 33.1 Å². The molecule has 0 aliphatic carbocycles. The molecular formula is C12H22N4O2. The number of aliphatic imine (C=N–C) groups is 1. The van der Waals surface area contributed by atoms with Gasteiger partial charge in [0.05, 0.1) is 6.04 Å². The molecule has 1 fully saturated rings. The number of likely N-dealkylation sites (tertiary alicyclic amines) is 1. The van der Waals surface area contributed by atoms with Gasteiger partial charge in [0, 0.05) is 13.0 Å². The molecule has 0 saturated carbocycles. The zero-order valence-electron chi connectivity index (χ0n) is 11.3. The van der Waals surface area contributed by atoms with Crippen molar-refractivity contribution in [3.8, 4) is 0 Å². The van der Waals surface area contributed by atoms with E-state index >= 15 is 0 Å². The summed E-state index contributed by atoms with van der Waals surface area (Å²) in [5.41, 5.74) is 2.82. The van der Waals surface area contributed by atoms with Crippen molar-refractivity contribution in [2.24, 2.45) is 10.9 Å². The Hall–Kier alpha value is -1.14. The summed E-state index contributed by atoms with van der Waals surface area (Å²) < 4.78 is 0. The number of nitrogens with one attached hydrogen (secondary N) is 2. The van der Waals surface area contributed by atoms with Crippen LogP contribution in [0.2, 0.25) is 0 Å². The molecular weight excluding hydrogens is 232 g/mol. The molecule has 2 aliphatic heterocycles. The lowest BCUT2D eigenvalue weighted by molar-refractivity contribution is -0.137. The molecule has 2 rings (SSSR count). The predicted molar refractivity (Wildman–Crippen MR) is 68.7 cm³/mol. The number of rotatable bonds is 3. The fourth-order valence-electron chi connectivity index (χ4n) is 2.38. The third-order valence-electron chi connectivity index (χ3n) is 3.58. The highest BCUT2D eigenvalue weighted by Gasteiger charge is 2.35. The van der Waals surface area contributed by atoms with Crippen molar-refractivity contribution in [3.05, 3.63) is 0 Å². The first-order chi connectivity index (χ1) is 8.65. The molecule has 1 saturated heterocycles. The van der Waals surface area contributed by atoms with Crippen LogP contribution in [-0.4, -0.2) is 42.6 Å². The minimum Gasteiger partial charge on any atom is -0.390 e. The Morgan fingerprint density at radius 2 is 2.39 bits per heavy atom. The number of hydroxylamine groups is 1. The van der Waals surface area contributed by atoms with Gasteiger partial charge in [0.25, 0.3) is 0 Å². The lowest BCUT2D eigenvalue weighted by Crippen LogP contribution is -2.51. The summed E-state index contributed by atoms with van der Waals surface area (Å²) in [5, 5.41) is 3.09. The molecule has 6 nitrogen and oxygen atoms in total. The Balaban J connectivity index is 2.11. The molecule has 2 N–H and O–H groups in total. The number of hydrogen-bond acceptors (Lipinski definition) is 5. The minimum absolute atomic E-state index is 0.101. The molecule has 102 valence electrons. The zero-order valence-corrected chi connectivity index (χ0v) is 11.3. The SMILES string of the molecule is CCC1=NC(N2CCC(C)CC(NC)C2=O)NO1. The Kier molecular flexibility index (Phi) is 4.19. The van der Waals surface area contributed by atoms with Crippen LogP contribution < -0.4 is 10.8 Å². The predicted octanol–water partition coefficient (Wildman–Crippen LogP) is 0.460. The van der Waals surface area contributed by atoms with E-state index in [0.29, 0.717) is 11.8 Å². The molecule has 0 aromatic rings. The Morgan fingerprint density at radius 3 is 3.00 bits per heavy atom. The first kappa shape index (κ1) is 13.3. The van der Waals surface area contributed by atoms with E-state index in [1.165, 1.54) is 0 Å². The van der Waals surface area contributed by atoms with Crippen LogP contribution in [0.15, 0.2) is 4.99 Å². The number of nitrogens with zero attached hydrogens (tertiary/aromatic N) is 2. The lowest BCUT2D eigenvalue weighted by Gasteiger charge is -2.26. The topological polar surface area (TPSA) is 66.0 Å². The molecule has 6 heteroatoms. The fourth-order valence-corrected chi connectivity index (χ4v) is 2.38. The average molecular weight is 254 g/mol. The van der Waals surface area contributed by atoms with E-state index in [4.69, 9.17) is 4.84 Å². The van der Waals surface area contributed by atoms with Crippen molar-refractivity contribution in [3.63, 3.8) is 0 Å². The van der Waals surface area contributed by atoms with E-state index in [1.807, 2.05) is 14.0 Å². The van der Waals surface area contributed by atoms with Crippen molar-refractivity contribution in [2.45, 2.75) is 45.4 Å². The summed E-state index contributed by atoms with van der Waals surface area (Å²) in [6.07, 6.45) is 2.24. The van der Waals surface area contributed by atoms with Crippen LogP contribution in [0, 0.1) is 5.92 Å². The summed E-state index contributed by atoms with van der Waals surface area (Å²) in [5.74, 6) is 1.29. The van der Waals surface area contributed by atoms with Crippen molar-refractivity contribution in [1.29, 1.82) is 0 Å². The molecule has 0 aromatic heterocycles. The van der Waals surface area contributed by atoms with Gasteiger partial charge >= 0.3 is 0 Å². The maximum absolute atomic E-state index is 12.4. The molecule has 0 spiro atoms. The van der Waals surface area contributed by atoms with Gasteiger partial charge in [-0.25, -0.2) is 4.99 Å². The average Bonchev–Trinajstić information content (AvgIpc) is 2.79. The standard InChI is InChI=1S/C12H22N4O2/c1-4-10-14-12(15-18-10)16-6-5-8(2)7-9(13-3)11(16)17/h8-9,12-13,15H,4-7H2,1-3H3. The number of likely N-dealkylation sites (N-methyl/N-ethyl adjacent to an activating group) is 1. The summed E-state index contributed by atoms with van der Waals surface area (Å²) in [7, 11) is 1.83. The van der Waals surface area contributed by atoms with E-state index in [-0.39, 0.29) is 18.2 Å². The van der Waals surface area contributed by atoms with Crippen molar-refractivity contribution in [1.82, 2.24) is 15.7 Å². The maximum atomic E-state index is 12.4. The fraction of sp³-hybridized carbons (Fsp3) is 0.833. The number of hydrogen-bond donors (Lipinski definition) is 2. The summed E-state index contributed by atoms with van der Waals surface area (Å²) in [6.45, 7) is 4.88. The number of carbonyl (C=O) groups excluding carboxylic acids is 1. The quantitative estimate of drug-likeness (QED) is 0.768. The maximum Gasteiger partial charge on any atom is 0.242 e. The zero-order chi connectivity index (χ0) is 13.1. The second-order valence-corrected chi connectivity index (χ2v) is 4.97. The van der Waals surface area contributed by atoms with E-state index in [0.717, 1.165) is 25.8 Å². The molecule has 0 bridgehead atoms. The summed E-state index contributed by atoms with van der Waals surface area (Å²) in [6, 6.07) is -0.120. The van der Waals surface area contributed by atoms with E-state index in [2.05, 4.69) is 22.7 Å². The summed E-state index contributed by atoms with van der Waals surface area (Å²) >= 11 is 0. The first-order valence-corrected chi connectivity index (χ1v) is 6.62. The molecule has 2 aliphatic rings. The normalized spacial score (nSPS) is 33.1. The smallest absolute Gasteiger partial charge is 0.242 e. The van der Waals surface area contributed by atoms with Gasteiger partial charge in [-0.2, -0.15) is 0 Å². The van der Waals surface area contributed by atoms with Crippen molar-refractivity contribution >= 4 is 11.8 Å². The Labute approximate surface area is 108 Å². The molecule has 18 heavy (non-hydrogen) atoms. The third kappa shape index (κ3) is 2.64. The van der Waals surface area contributed by atoms with Gasteiger partial charge < -0.3 is 15.1 Å². The molecule has 2 heterocycles. The van der Waals surface area contributed by atoms with Gasteiger partial charge in [0.2, 0.25) is 18.1 Å². The van der Waals surface area contributed by atoms with Gasteiger partial charge in [0.1, 0.15) is 0 Å². The van der Waals surface area contributed by atoms with Gasteiger partial charge in [-0.1, -0.05) is 13.8 Å². The molecule has 3 unspecified atom stereocenters. The van der Waals surface area contributed by atoms with Gasteiger partial charge in [0.15, 0.2) is 0 Å². The van der Waals surface area contributed by atoms with Crippen LogP contribution in [0.4, 0.5) is 0 Å². The van der Waals surface area contributed by atoms with Crippen molar-refractivity contribution < 1.29 is 9.63 Å². The molecule has 0 aromatic carbocycles. The second kappa shape index (κ2) is 5.67. The van der Waals surface area contributed by atoms with E-state index in [9.17, 15) is 4.79 Å². The van der Waals surface area contributed by atoms with Crippen molar-refractivity contribution in [2.75, 3.05) is 13.6 Å². The molecule has 1 amide bonds. The third-order valence-corrected chi connectivity index (χ3v) is 3.58. The van der Waals surface area contributed by atoms with Gasteiger partial charge in [-0.05, 0) is 25.8 Å². The van der Waals surface area contributed by atoms with Crippen LogP contribution in [0.25, 0.3) is 0 Å². The number of carbonyl (C=O) groups is 1. The summed E-state index contributed by atoms with van der Waals surface area (Å²) in [4.78, 5) is 23.8. The second-order valence-electron chi connectivity index (χ2n) is 4.97. The van der Waals surface area contributed by atoms with Crippen LogP contribution >= 0.6 is 0 Å². The van der Waals surface area contributed by atoms with Crippen LogP contribution in [0.3, 0.4) is 0 Å². The Bertz CT molecular complexity index is 345. The van der Waals surface area contributed by atoms with E-state index < -0.39 is 0 Å². The lowest BCUT2D eigenvalue weighted by atomic mass is 10.0. The van der Waals surface area contributed by atoms with E-state index in [1.54, 1.807) is 4.90 Å². The van der Waals surface area contributed by atoms with Gasteiger partial charge in [-0.15, -0.1) is 5.48 Å². The largest absolute Gasteiger partial charge is 0.390 e. The molecule has 3 atom stereocenters. The highest BCUT2D eigenvalue weighted by Crippen LogP contribution is 2.20. The molecule has 0 radical (unpaired) electrons.